The third kappa shape index (κ3) is 5.02. The van der Waals surface area contributed by atoms with Gasteiger partial charge in [0, 0.05) is 38.3 Å². The van der Waals surface area contributed by atoms with Gasteiger partial charge in [-0.2, -0.15) is 0 Å². The molecule has 1 fully saturated rings. The first kappa shape index (κ1) is 32.3. The molecule has 12 rings (SSSR count). The molecule has 0 amide bonds. The van der Waals surface area contributed by atoms with Crippen LogP contribution in [0, 0.1) is 0 Å². The molecule has 272 valence electrons. The third-order valence-corrected chi connectivity index (χ3v) is 11.8. The minimum absolute atomic E-state index is 0.0285. The van der Waals surface area contributed by atoms with Gasteiger partial charge in [0.25, 0.3) is 0 Å². The van der Waals surface area contributed by atoms with Gasteiger partial charge in [-0.05, 0) is 77.4 Å². The van der Waals surface area contributed by atoms with Crippen molar-refractivity contribution in [2.24, 2.45) is 0 Å². The zero-order valence-corrected chi connectivity index (χ0v) is 30.9. The molecule has 6 nitrogen and oxygen atoms in total. The lowest BCUT2D eigenvalue weighted by Crippen LogP contribution is -2.54. The van der Waals surface area contributed by atoms with E-state index in [1.807, 2.05) is 6.07 Å². The normalized spacial score (nSPS) is 17.4. The van der Waals surface area contributed by atoms with Crippen LogP contribution in [0.1, 0.15) is 35.2 Å². The number of furan rings is 1. The van der Waals surface area contributed by atoms with Crippen LogP contribution in [0.4, 0.5) is 0 Å². The Bertz CT molecular complexity index is 3230. The standard InChI is InChI=1S/C51H37N5O/c1-4-14-32(15-5-1)49-52-50(33-16-6-2-7-17-33)54-51(53-49)34-24-26-36(27-25-34)55-41-22-12-10-21-39(41)45-42(55)31-29-40-46-43(56(47(40)45)35-18-8-3-9-19-35)30-28-38-37-20-11-13-23-44(37)57-48(38)46/h1-31,49-54H. The van der Waals surface area contributed by atoms with E-state index in [0.29, 0.717) is 0 Å². The molecule has 1 aliphatic heterocycles. The molecule has 3 aromatic heterocycles. The second-order valence-corrected chi connectivity index (χ2v) is 15.0. The highest BCUT2D eigenvalue weighted by molar-refractivity contribution is 6.30. The second kappa shape index (κ2) is 12.8. The van der Waals surface area contributed by atoms with Crippen molar-refractivity contribution >= 4 is 65.6 Å². The molecular formula is C51H37N5O. The summed E-state index contributed by atoms with van der Waals surface area (Å²) in [5, 5.41) is 18.5. The van der Waals surface area contributed by atoms with Crippen molar-refractivity contribution in [1.29, 1.82) is 0 Å². The van der Waals surface area contributed by atoms with Gasteiger partial charge in [-0.25, -0.2) is 0 Å². The SMILES string of the molecule is c1ccc(C2NC(c3ccccc3)NC(c3ccc(-n4c5ccccc5c5c4ccc4c6c7oc8ccccc8c7ccc6n(-c6ccccc6)c45)cc3)N2)cc1. The maximum absolute atomic E-state index is 6.69. The molecule has 0 radical (unpaired) electrons. The minimum atomic E-state index is -0.0786. The first-order valence-corrected chi connectivity index (χ1v) is 19.6. The van der Waals surface area contributed by atoms with Gasteiger partial charge >= 0.3 is 0 Å². The van der Waals surface area contributed by atoms with Gasteiger partial charge in [-0.3, -0.25) is 16.0 Å². The Morgan fingerprint density at radius 1 is 0.351 bits per heavy atom. The topological polar surface area (TPSA) is 59.1 Å². The largest absolute Gasteiger partial charge is 0.455 e. The van der Waals surface area contributed by atoms with E-state index in [0.717, 1.165) is 55.2 Å². The number of fused-ring (bicyclic) bond motifs is 11. The van der Waals surface area contributed by atoms with E-state index in [1.54, 1.807) is 0 Å². The highest BCUT2D eigenvalue weighted by Gasteiger charge is 2.30. The molecule has 0 aliphatic carbocycles. The van der Waals surface area contributed by atoms with Crippen molar-refractivity contribution in [3.05, 3.63) is 205 Å². The predicted octanol–water partition coefficient (Wildman–Crippen LogP) is 12.0. The van der Waals surface area contributed by atoms with Crippen LogP contribution in [0.25, 0.3) is 76.9 Å². The van der Waals surface area contributed by atoms with Crippen LogP contribution in [0.15, 0.2) is 192 Å². The summed E-state index contributed by atoms with van der Waals surface area (Å²) in [5.41, 5.74) is 12.3. The van der Waals surface area contributed by atoms with Gasteiger partial charge in [0.2, 0.25) is 0 Å². The zero-order valence-electron chi connectivity index (χ0n) is 30.9. The van der Waals surface area contributed by atoms with E-state index in [-0.39, 0.29) is 18.5 Å². The van der Waals surface area contributed by atoms with E-state index < -0.39 is 0 Å². The smallest absolute Gasteiger partial charge is 0.145 e. The van der Waals surface area contributed by atoms with E-state index in [2.05, 4.69) is 207 Å². The van der Waals surface area contributed by atoms with Crippen LogP contribution in [0.5, 0.6) is 0 Å². The molecule has 0 bridgehead atoms. The van der Waals surface area contributed by atoms with Crippen molar-refractivity contribution in [3.63, 3.8) is 0 Å². The van der Waals surface area contributed by atoms with Gasteiger partial charge in [0.1, 0.15) is 11.2 Å². The number of para-hydroxylation sites is 3. The maximum atomic E-state index is 6.69. The summed E-state index contributed by atoms with van der Waals surface area (Å²) in [7, 11) is 0. The number of nitrogens with zero attached hydrogens (tertiary/aromatic N) is 2. The summed E-state index contributed by atoms with van der Waals surface area (Å²) in [6.07, 6.45) is -0.136. The minimum Gasteiger partial charge on any atom is -0.455 e. The lowest BCUT2D eigenvalue weighted by Gasteiger charge is -2.39. The van der Waals surface area contributed by atoms with Crippen molar-refractivity contribution in [2.45, 2.75) is 18.5 Å². The Hall–Kier alpha value is -6.96. The highest BCUT2D eigenvalue weighted by atomic mass is 16.3. The number of benzene rings is 8. The van der Waals surface area contributed by atoms with Crippen LogP contribution in [-0.2, 0) is 0 Å². The molecule has 0 spiro atoms. The molecule has 57 heavy (non-hydrogen) atoms. The monoisotopic (exact) mass is 735 g/mol. The van der Waals surface area contributed by atoms with Crippen molar-refractivity contribution in [3.8, 4) is 11.4 Å². The molecule has 0 saturated carbocycles. The Morgan fingerprint density at radius 2 is 0.860 bits per heavy atom. The summed E-state index contributed by atoms with van der Waals surface area (Å²) < 4.78 is 11.5. The fraction of sp³-hybridized carbons (Fsp3) is 0.0588. The first-order valence-electron chi connectivity index (χ1n) is 19.6. The maximum Gasteiger partial charge on any atom is 0.145 e. The summed E-state index contributed by atoms with van der Waals surface area (Å²) in [5.74, 6) is 0. The Kier molecular flexibility index (Phi) is 7.25. The quantitative estimate of drug-likeness (QED) is 0.165. The van der Waals surface area contributed by atoms with Gasteiger partial charge in [0.05, 0.1) is 46.0 Å². The predicted molar refractivity (Wildman–Crippen MR) is 233 cm³/mol. The molecule has 2 atom stereocenters. The highest BCUT2D eigenvalue weighted by Crippen LogP contribution is 2.45. The van der Waals surface area contributed by atoms with E-state index in [9.17, 15) is 0 Å². The zero-order chi connectivity index (χ0) is 37.5. The molecular weight excluding hydrogens is 699 g/mol. The number of aromatic nitrogens is 2. The first-order chi connectivity index (χ1) is 28.3. The third-order valence-electron chi connectivity index (χ3n) is 11.8. The fourth-order valence-corrected chi connectivity index (χ4v) is 9.27. The summed E-state index contributed by atoms with van der Waals surface area (Å²) in [6, 6.07) is 67.2. The fourth-order valence-electron chi connectivity index (χ4n) is 9.27. The summed E-state index contributed by atoms with van der Waals surface area (Å²) in [6.45, 7) is 0. The van der Waals surface area contributed by atoms with Crippen LogP contribution in [0.3, 0.4) is 0 Å². The molecule has 1 saturated heterocycles. The van der Waals surface area contributed by atoms with Gasteiger partial charge in [-0.15, -0.1) is 0 Å². The van der Waals surface area contributed by atoms with Crippen molar-refractivity contribution < 1.29 is 4.42 Å². The molecule has 1 aliphatic rings. The lowest BCUT2D eigenvalue weighted by molar-refractivity contribution is 0.203. The lowest BCUT2D eigenvalue weighted by atomic mass is 10.0. The number of hydrogen-bond acceptors (Lipinski definition) is 4. The van der Waals surface area contributed by atoms with E-state index >= 15 is 0 Å². The Morgan fingerprint density at radius 3 is 1.53 bits per heavy atom. The van der Waals surface area contributed by atoms with Crippen molar-refractivity contribution in [1.82, 2.24) is 25.1 Å². The van der Waals surface area contributed by atoms with E-state index in [4.69, 9.17) is 4.42 Å². The van der Waals surface area contributed by atoms with Crippen LogP contribution in [-0.4, -0.2) is 9.13 Å². The molecule has 6 heteroatoms. The summed E-state index contributed by atoms with van der Waals surface area (Å²) in [4.78, 5) is 0. The number of hydrogen-bond donors (Lipinski definition) is 3. The average molecular weight is 736 g/mol. The molecule has 4 heterocycles. The average Bonchev–Trinajstić information content (AvgIpc) is 3.95. The van der Waals surface area contributed by atoms with Gasteiger partial charge in [-0.1, -0.05) is 127 Å². The second-order valence-electron chi connectivity index (χ2n) is 15.0. The van der Waals surface area contributed by atoms with Crippen LogP contribution >= 0.6 is 0 Å². The number of nitrogens with one attached hydrogen (secondary N) is 3. The Labute approximate surface area is 328 Å². The summed E-state index contributed by atoms with van der Waals surface area (Å²) >= 11 is 0. The van der Waals surface area contributed by atoms with Crippen LogP contribution < -0.4 is 16.0 Å². The molecule has 11 aromatic rings. The van der Waals surface area contributed by atoms with Gasteiger partial charge in [0.15, 0.2) is 0 Å². The number of rotatable bonds is 5. The molecule has 2 unspecified atom stereocenters. The van der Waals surface area contributed by atoms with Crippen LogP contribution in [0.2, 0.25) is 0 Å². The van der Waals surface area contributed by atoms with Gasteiger partial charge < -0.3 is 13.6 Å². The van der Waals surface area contributed by atoms with Crippen molar-refractivity contribution in [2.75, 3.05) is 0 Å². The Balaban J connectivity index is 1.04. The molecule has 3 N–H and O–H groups in total. The van der Waals surface area contributed by atoms with E-state index in [1.165, 1.54) is 38.4 Å². The molecule has 8 aromatic carbocycles.